The van der Waals surface area contributed by atoms with Crippen molar-refractivity contribution in [1.29, 1.82) is 0 Å². The van der Waals surface area contributed by atoms with Crippen LogP contribution in [0.1, 0.15) is 23.2 Å². The van der Waals surface area contributed by atoms with E-state index in [1.54, 1.807) is 18.2 Å². The van der Waals surface area contributed by atoms with E-state index < -0.39 is 0 Å². The molecule has 0 amide bonds. The summed E-state index contributed by atoms with van der Waals surface area (Å²) in [6.07, 6.45) is 1.98. The molecule has 1 aliphatic rings. The number of benzene rings is 1. The summed E-state index contributed by atoms with van der Waals surface area (Å²) in [4.78, 5) is 11.6. The van der Waals surface area contributed by atoms with Crippen molar-refractivity contribution < 1.29 is 4.79 Å². The first-order valence-corrected chi connectivity index (χ1v) is 4.65. The molecule has 3 heteroatoms. The van der Waals surface area contributed by atoms with Crippen molar-refractivity contribution in [1.82, 2.24) is 0 Å². The lowest BCUT2D eigenvalue weighted by Crippen LogP contribution is -2.02. The lowest BCUT2D eigenvalue weighted by molar-refractivity contribution is 0.0968. The summed E-state index contributed by atoms with van der Waals surface area (Å²) in [5.41, 5.74) is 6.74. The number of hydrogen-bond donors (Lipinski definition) is 1. The molecule has 0 heterocycles. The number of halogens is 1. The first-order valence-electron chi connectivity index (χ1n) is 4.27. The van der Waals surface area contributed by atoms with Gasteiger partial charge in [-0.15, -0.1) is 0 Å². The van der Waals surface area contributed by atoms with Gasteiger partial charge in [0, 0.05) is 17.2 Å². The Labute approximate surface area is 81.7 Å². The number of carbonyl (C=O) groups excluding carboxylic acids is 1. The van der Waals surface area contributed by atoms with Crippen LogP contribution in [0.2, 0.25) is 5.02 Å². The molecular weight excluding hydrogens is 186 g/mol. The van der Waals surface area contributed by atoms with E-state index in [0.29, 0.717) is 16.3 Å². The first-order chi connectivity index (χ1) is 6.18. The maximum absolute atomic E-state index is 11.6. The Bertz CT molecular complexity index is 358. The van der Waals surface area contributed by atoms with E-state index in [1.807, 2.05) is 0 Å². The van der Waals surface area contributed by atoms with Gasteiger partial charge in [0.2, 0.25) is 0 Å². The molecule has 2 N–H and O–H groups in total. The molecule has 0 aromatic heterocycles. The summed E-state index contributed by atoms with van der Waals surface area (Å²) in [6.45, 7) is 0. The molecule has 68 valence electrons. The third-order valence-electron chi connectivity index (χ3n) is 2.20. The molecule has 1 aliphatic carbocycles. The van der Waals surface area contributed by atoms with Crippen molar-refractivity contribution in [3.8, 4) is 0 Å². The highest BCUT2D eigenvalue weighted by Crippen LogP contribution is 2.34. The average Bonchev–Trinajstić information content (AvgIpc) is 2.91. The van der Waals surface area contributed by atoms with Crippen LogP contribution in [0.5, 0.6) is 0 Å². The average molecular weight is 196 g/mol. The zero-order chi connectivity index (χ0) is 9.42. The fourth-order valence-corrected chi connectivity index (χ4v) is 1.51. The molecule has 13 heavy (non-hydrogen) atoms. The minimum Gasteiger partial charge on any atom is -0.399 e. The van der Waals surface area contributed by atoms with E-state index in [4.69, 9.17) is 17.3 Å². The Morgan fingerprint density at radius 3 is 2.77 bits per heavy atom. The Morgan fingerprint density at radius 1 is 1.46 bits per heavy atom. The molecule has 0 saturated heterocycles. The molecule has 0 spiro atoms. The summed E-state index contributed by atoms with van der Waals surface area (Å²) in [5.74, 6) is 0.330. The van der Waals surface area contributed by atoms with Gasteiger partial charge in [0.25, 0.3) is 0 Å². The zero-order valence-electron chi connectivity index (χ0n) is 7.09. The molecule has 1 aromatic carbocycles. The number of Topliss-reactive ketones (excluding diaryl/α,β-unsaturated/α-hetero) is 1. The normalized spacial score (nSPS) is 15.8. The van der Waals surface area contributed by atoms with Crippen LogP contribution >= 0.6 is 11.6 Å². The fraction of sp³-hybridized carbons (Fsp3) is 0.300. The third-order valence-corrected chi connectivity index (χ3v) is 2.53. The van der Waals surface area contributed by atoms with Crippen LogP contribution in [0.4, 0.5) is 5.69 Å². The van der Waals surface area contributed by atoms with E-state index in [1.165, 1.54) is 0 Å². The largest absolute Gasteiger partial charge is 0.399 e. The van der Waals surface area contributed by atoms with Crippen molar-refractivity contribution in [2.45, 2.75) is 12.8 Å². The van der Waals surface area contributed by atoms with Crippen molar-refractivity contribution in [3.63, 3.8) is 0 Å². The van der Waals surface area contributed by atoms with Gasteiger partial charge in [0.1, 0.15) is 0 Å². The lowest BCUT2D eigenvalue weighted by atomic mass is 10.1. The van der Waals surface area contributed by atoms with E-state index in [2.05, 4.69) is 0 Å². The van der Waals surface area contributed by atoms with Gasteiger partial charge in [-0.1, -0.05) is 11.6 Å². The third kappa shape index (κ3) is 1.68. The zero-order valence-corrected chi connectivity index (χ0v) is 7.84. The van der Waals surface area contributed by atoms with Crippen molar-refractivity contribution in [3.05, 3.63) is 28.8 Å². The smallest absolute Gasteiger partial charge is 0.167 e. The number of anilines is 1. The Morgan fingerprint density at radius 2 is 2.15 bits per heavy atom. The quantitative estimate of drug-likeness (QED) is 0.582. The summed E-state index contributed by atoms with van der Waals surface area (Å²) >= 11 is 5.89. The second-order valence-corrected chi connectivity index (χ2v) is 3.79. The second kappa shape index (κ2) is 3.04. The van der Waals surface area contributed by atoms with Crippen LogP contribution < -0.4 is 5.73 Å². The van der Waals surface area contributed by atoms with Crippen LogP contribution in [-0.2, 0) is 0 Å². The van der Waals surface area contributed by atoms with Crippen LogP contribution in [0, 0.1) is 5.92 Å². The number of ketones is 1. The van der Waals surface area contributed by atoms with E-state index in [0.717, 1.165) is 12.8 Å². The maximum Gasteiger partial charge on any atom is 0.167 e. The lowest BCUT2D eigenvalue weighted by Gasteiger charge is -2.02. The number of rotatable bonds is 2. The van der Waals surface area contributed by atoms with Crippen molar-refractivity contribution in [2.75, 3.05) is 5.73 Å². The fourth-order valence-electron chi connectivity index (χ4n) is 1.30. The Balaban J connectivity index is 2.37. The van der Waals surface area contributed by atoms with Crippen LogP contribution in [0.25, 0.3) is 0 Å². The predicted molar refractivity (Wildman–Crippen MR) is 52.9 cm³/mol. The molecular formula is C10H10ClNO. The molecule has 1 aromatic rings. The van der Waals surface area contributed by atoms with E-state index in [-0.39, 0.29) is 11.7 Å². The van der Waals surface area contributed by atoms with E-state index in [9.17, 15) is 4.79 Å². The first kappa shape index (κ1) is 8.57. The van der Waals surface area contributed by atoms with Crippen molar-refractivity contribution >= 4 is 23.1 Å². The molecule has 1 fully saturated rings. The molecule has 2 nitrogen and oxygen atoms in total. The second-order valence-electron chi connectivity index (χ2n) is 3.38. The molecule has 0 aliphatic heterocycles. The Hall–Kier alpha value is -1.02. The van der Waals surface area contributed by atoms with Gasteiger partial charge < -0.3 is 5.73 Å². The predicted octanol–water partition coefficient (Wildman–Crippen LogP) is 2.51. The molecule has 0 bridgehead atoms. The van der Waals surface area contributed by atoms with E-state index >= 15 is 0 Å². The van der Waals surface area contributed by atoms with Crippen LogP contribution in [0.3, 0.4) is 0 Å². The van der Waals surface area contributed by atoms with Gasteiger partial charge in [0.05, 0.1) is 5.02 Å². The summed E-state index contributed by atoms with van der Waals surface area (Å²) in [6, 6.07) is 5.03. The topological polar surface area (TPSA) is 43.1 Å². The summed E-state index contributed by atoms with van der Waals surface area (Å²) in [5, 5.41) is 0.506. The highest BCUT2D eigenvalue weighted by Gasteiger charge is 2.31. The van der Waals surface area contributed by atoms with Crippen molar-refractivity contribution in [2.24, 2.45) is 5.92 Å². The van der Waals surface area contributed by atoms with Crippen LogP contribution in [-0.4, -0.2) is 5.78 Å². The molecule has 0 radical (unpaired) electrons. The number of nitrogens with two attached hydrogens (primary N) is 1. The van der Waals surface area contributed by atoms with Gasteiger partial charge in [-0.05, 0) is 31.0 Å². The minimum atomic E-state index is 0.136. The molecule has 0 atom stereocenters. The number of carbonyl (C=O) groups is 1. The van der Waals surface area contributed by atoms with Crippen LogP contribution in [0.15, 0.2) is 18.2 Å². The SMILES string of the molecule is Nc1ccc(Cl)c(C(=O)C2CC2)c1. The summed E-state index contributed by atoms with van der Waals surface area (Å²) in [7, 11) is 0. The molecule has 1 saturated carbocycles. The number of hydrogen-bond acceptors (Lipinski definition) is 2. The van der Waals surface area contributed by atoms with Gasteiger partial charge >= 0.3 is 0 Å². The van der Waals surface area contributed by atoms with Gasteiger partial charge in [-0.2, -0.15) is 0 Å². The monoisotopic (exact) mass is 195 g/mol. The van der Waals surface area contributed by atoms with Gasteiger partial charge in [-0.25, -0.2) is 0 Å². The highest BCUT2D eigenvalue weighted by molar-refractivity contribution is 6.34. The highest BCUT2D eigenvalue weighted by atomic mass is 35.5. The minimum absolute atomic E-state index is 0.136. The number of nitrogen functional groups attached to an aromatic ring is 1. The molecule has 2 rings (SSSR count). The summed E-state index contributed by atoms with van der Waals surface area (Å²) < 4.78 is 0. The van der Waals surface area contributed by atoms with Gasteiger partial charge in [-0.3, -0.25) is 4.79 Å². The van der Waals surface area contributed by atoms with Gasteiger partial charge in [0.15, 0.2) is 5.78 Å². The maximum atomic E-state index is 11.6. The molecule has 0 unspecified atom stereocenters. The Kier molecular flexibility index (Phi) is 2.00. The standard InChI is InChI=1S/C10H10ClNO/c11-9-4-3-7(12)5-8(9)10(13)6-1-2-6/h3-6H,1-2,12H2.